The van der Waals surface area contributed by atoms with E-state index in [0.717, 1.165) is 25.2 Å². The van der Waals surface area contributed by atoms with Crippen molar-refractivity contribution in [3.8, 4) is 0 Å². The predicted molar refractivity (Wildman–Crippen MR) is 113 cm³/mol. The molecule has 0 saturated heterocycles. The average Bonchev–Trinajstić information content (AvgIpc) is 2.63. The van der Waals surface area contributed by atoms with E-state index in [1.165, 1.54) is 103 Å². The molecule has 0 saturated carbocycles. The van der Waals surface area contributed by atoms with Crippen molar-refractivity contribution in [2.24, 2.45) is 5.92 Å². The Labute approximate surface area is 159 Å². The van der Waals surface area contributed by atoms with Crippen LogP contribution in [0.5, 0.6) is 0 Å². The van der Waals surface area contributed by atoms with Gasteiger partial charge in [-0.3, -0.25) is 4.79 Å². The summed E-state index contributed by atoms with van der Waals surface area (Å²) in [6.45, 7) is 6.57. The van der Waals surface area contributed by atoms with Gasteiger partial charge in [0.05, 0.1) is 0 Å². The molecule has 0 unspecified atom stereocenters. The fraction of sp³-hybridized carbons (Fsp3) is 0.958. The molecule has 0 N–H and O–H groups in total. The number of carbonyl (C=O) groups excluding carboxylic acids is 1. The van der Waals surface area contributed by atoms with Crippen LogP contribution in [-0.2, 0) is 4.79 Å². The molecule has 0 atom stereocenters. The first-order valence-corrected chi connectivity index (χ1v) is 11.8. The Morgan fingerprint density at radius 1 is 0.560 bits per heavy atom. The maximum Gasteiger partial charge on any atom is 0.132 e. The zero-order valence-electron chi connectivity index (χ0n) is 17.9. The lowest BCUT2D eigenvalue weighted by Crippen LogP contribution is -2.05. The van der Waals surface area contributed by atoms with Gasteiger partial charge in [-0.15, -0.1) is 0 Å². The van der Waals surface area contributed by atoms with Crippen LogP contribution in [0.25, 0.3) is 0 Å². The third-order valence-electron chi connectivity index (χ3n) is 5.66. The minimum Gasteiger partial charge on any atom is -0.300 e. The van der Waals surface area contributed by atoms with Crippen molar-refractivity contribution in [3.05, 3.63) is 0 Å². The van der Waals surface area contributed by atoms with Gasteiger partial charge in [-0.1, -0.05) is 124 Å². The van der Waals surface area contributed by atoms with Crippen LogP contribution in [0.1, 0.15) is 143 Å². The van der Waals surface area contributed by atoms with E-state index in [4.69, 9.17) is 0 Å². The molecular weight excluding hydrogens is 304 g/mol. The number of hydrogen-bond donors (Lipinski definition) is 0. The van der Waals surface area contributed by atoms with Gasteiger partial charge >= 0.3 is 0 Å². The van der Waals surface area contributed by atoms with Crippen molar-refractivity contribution in [2.75, 3.05) is 0 Å². The Morgan fingerprint density at radius 2 is 0.960 bits per heavy atom. The molecule has 1 nitrogen and oxygen atoms in total. The Kier molecular flexibility index (Phi) is 19.7. The summed E-state index contributed by atoms with van der Waals surface area (Å²) in [5.74, 6) is 1.27. The molecule has 0 aliphatic heterocycles. The molecule has 0 heterocycles. The topological polar surface area (TPSA) is 17.1 Å². The molecule has 0 amide bonds. The van der Waals surface area contributed by atoms with Gasteiger partial charge in [-0.25, -0.2) is 0 Å². The zero-order chi connectivity index (χ0) is 18.6. The number of rotatable bonds is 20. The summed E-state index contributed by atoms with van der Waals surface area (Å²) >= 11 is 0. The first kappa shape index (κ1) is 24.7. The lowest BCUT2D eigenvalue weighted by molar-refractivity contribution is -0.119. The monoisotopic (exact) mass is 352 g/mol. The molecule has 0 aromatic rings. The second-order valence-electron chi connectivity index (χ2n) is 8.12. The zero-order valence-corrected chi connectivity index (χ0v) is 17.9. The number of carbonyl (C=O) groups is 1. The van der Waals surface area contributed by atoms with Crippen LogP contribution in [-0.4, -0.2) is 5.78 Å². The molecule has 25 heavy (non-hydrogen) atoms. The first-order chi connectivity index (χ1) is 12.2. The molecule has 0 spiro atoms. The standard InChI is InChI=1S/C24H48O/c1-4-7-9-11-13-15-17-19-23(21-22-24(25)6-3)20-18-16-14-12-10-8-5-2/h23H,4-22H2,1-3H3. The fourth-order valence-electron chi connectivity index (χ4n) is 3.76. The van der Waals surface area contributed by atoms with E-state index < -0.39 is 0 Å². The molecule has 1 heteroatoms. The molecule has 0 fully saturated rings. The van der Waals surface area contributed by atoms with Gasteiger partial charge in [-0.2, -0.15) is 0 Å². The molecule has 150 valence electrons. The summed E-state index contributed by atoms with van der Waals surface area (Å²) < 4.78 is 0. The Bertz CT molecular complexity index is 253. The van der Waals surface area contributed by atoms with E-state index in [2.05, 4.69) is 13.8 Å². The lowest BCUT2D eigenvalue weighted by atomic mass is 9.89. The summed E-state index contributed by atoms with van der Waals surface area (Å²) in [6.07, 6.45) is 25.0. The van der Waals surface area contributed by atoms with Gasteiger partial charge in [0.2, 0.25) is 0 Å². The molecule has 0 aromatic heterocycles. The van der Waals surface area contributed by atoms with Crippen molar-refractivity contribution < 1.29 is 4.79 Å². The van der Waals surface area contributed by atoms with Crippen molar-refractivity contribution in [3.63, 3.8) is 0 Å². The third-order valence-corrected chi connectivity index (χ3v) is 5.66. The van der Waals surface area contributed by atoms with Crippen molar-refractivity contribution in [1.82, 2.24) is 0 Å². The van der Waals surface area contributed by atoms with Gasteiger partial charge in [0, 0.05) is 12.8 Å². The fourth-order valence-corrected chi connectivity index (χ4v) is 3.76. The highest BCUT2D eigenvalue weighted by Crippen LogP contribution is 2.24. The minimum absolute atomic E-state index is 0.462. The van der Waals surface area contributed by atoms with Gasteiger partial charge in [0.1, 0.15) is 5.78 Å². The van der Waals surface area contributed by atoms with E-state index in [9.17, 15) is 4.79 Å². The predicted octanol–water partition coefficient (Wildman–Crippen LogP) is 8.64. The molecule has 0 aliphatic carbocycles. The van der Waals surface area contributed by atoms with Crippen LogP contribution in [0.2, 0.25) is 0 Å². The van der Waals surface area contributed by atoms with Crippen LogP contribution < -0.4 is 0 Å². The van der Waals surface area contributed by atoms with E-state index in [0.29, 0.717) is 5.78 Å². The summed E-state index contributed by atoms with van der Waals surface area (Å²) in [6, 6.07) is 0. The quantitative estimate of drug-likeness (QED) is 0.200. The van der Waals surface area contributed by atoms with Gasteiger partial charge < -0.3 is 0 Å². The highest BCUT2D eigenvalue weighted by Gasteiger charge is 2.10. The minimum atomic E-state index is 0.462. The van der Waals surface area contributed by atoms with E-state index in [1.54, 1.807) is 0 Å². The third kappa shape index (κ3) is 18.3. The maximum absolute atomic E-state index is 11.7. The molecular formula is C24H48O. The van der Waals surface area contributed by atoms with Crippen LogP contribution in [0.15, 0.2) is 0 Å². The average molecular weight is 353 g/mol. The SMILES string of the molecule is CCCCCCCCCC(CCCCCCCCC)CCC(=O)CC. The Balaban J connectivity index is 3.80. The molecule has 0 aliphatic rings. The van der Waals surface area contributed by atoms with Crippen LogP contribution >= 0.6 is 0 Å². The van der Waals surface area contributed by atoms with Crippen molar-refractivity contribution >= 4 is 5.78 Å². The number of hydrogen-bond acceptors (Lipinski definition) is 1. The van der Waals surface area contributed by atoms with Crippen LogP contribution in [0.4, 0.5) is 0 Å². The molecule has 0 aromatic carbocycles. The number of unbranched alkanes of at least 4 members (excludes halogenated alkanes) is 12. The van der Waals surface area contributed by atoms with Crippen molar-refractivity contribution in [1.29, 1.82) is 0 Å². The molecule has 0 radical (unpaired) electrons. The largest absolute Gasteiger partial charge is 0.300 e. The second-order valence-corrected chi connectivity index (χ2v) is 8.12. The van der Waals surface area contributed by atoms with Crippen LogP contribution in [0, 0.1) is 5.92 Å². The van der Waals surface area contributed by atoms with Crippen molar-refractivity contribution in [2.45, 2.75) is 143 Å². The molecule has 0 rings (SSSR count). The Hall–Kier alpha value is -0.330. The highest BCUT2D eigenvalue weighted by molar-refractivity contribution is 5.77. The van der Waals surface area contributed by atoms with Gasteiger partial charge in [0.15, 0.2) is 0 Å². The lowest BCUT2D eigenvalue weighted by Gasteiger charge is -2.16. The maximum atomic E-state index is 11.7. The van der Waals surface area contributed by atoms with Gasteiger partial charge in [-0.05, 0) is 12.3 Å². The number of ketones is 1. The summed E-state index contributed by atoms with van der Waals surface area (Å²) in [5, 5.41) is 0. The van der Waals surface area contributed by atoms with E-state index >= 15 is 0 Å². The van der Waals surface area contributed by atoms with Gasteiger partial charge in [0.25, 0.3) is 0 Å². The smallest absolute Gasteiger partial charge is 0.132 e. The highest BCUT2D eigenvalue weighted by atomic mass is 16.1. The van der Waals surface area contributed by atoms with Crippen LogP contribution in [0.3, 0.4) is 0 Å². The van der Waals surface area contributed by atoms with E-state index in [1.807, 2.05) is 6.92 Å². The van der Waals surface area contributed by atoms with E-state index in [-0.39, 0.29) is 0 Å². The Morgan fingerprint density at radius 3 is 1.36 bits per heavy atom. The molecule has 0 bridgehead atoms. The second kappa shape index (κ2) is 20.0. The number of Topliss-reactive ketones (excluding diaryl/α,β-unsaturated/α-hetero) is 1. The summed E-state index contributed by atoms with van der Waals surface area (Å²) in [7, 11) is 0. The summed E-state index contributed by atoms with van der Waals surface area (Å²) in [5.41, 5.74) is 0. The normalized spacial score (nSPS) is 11.4. The summed E-state index contributed by atoms with van der Waals surface area (Å²) in [4.78, 5) is 11.7. The first-order valence-electron chi connectivity index (χ1n) is 11.8.